The van der Waals surface area contributed by atoms with Crippen molar-refractivity contribution in [3.05, 3.63) is 18.2 Å². The van der Waals surface area contributed by atoms with Gasteiger partial charge >= 0.3 is 0 Å². The van der Waals surface area contributed by atoms with Gasteiger partial charge in [-0.1, -0.05) is 13.8 Å². The molecule has 1 unspecified atom stereocenters. The summed E-state index contributed by atoms with van der Waals surface area (Å²) in [6, 6.07) is 0.756. The van der Waals surface area contributed by atoms with Crippen molar-refractivity contribution in [2.45, 2.75) is 51.5 Å². The Kier molecular flexibility index (Phi) is 2.38. The van der Waals surface area contributed by atoms with Gasteiger partial charge in [0.1, 0.15) is 0 Å². The predicted molar refractivity (Wildman–Crippen MR) is 53.8 cm³/mol. The van der Waals surface area contributed by atoms with Crippen LogP contribution in [0.3, 0.4) is 0 Å². The van der Waals surface area contributed by atoms with Crippen LogP contribution in [0.4, 0.5) is 0 Å². The van der Waals surface area contributed by atoms with Crippen LogP contribution < -0.4 is 0 Å². The molecule has 1 saturated carbocycles. The van der Waals surface area contributed by atoms with Crippen LogP contribution in [0.2, 0.25) is 0 Å². The molecule has 1 aromatic heterocycles. The third kappa shape index (κ3) is 1.50. The van der Waals surface area contributed by atoms with Crippen molar-refractivity contribution in [2.75, 3.05) is 0 Å². The minimum absolute atomic E-state index is 0.656. The molecule has 1 heterocycles. The molecule has 0 spiro atoms. The Morgan fingerprint density at radius 1 is 1.62 bits per heavy atom. The van der Waals surface area contributed by atoms with Crippen molar-refractivity contribution in [2.24, 2.45) is 0 Å². The summed E-state index contributed by atoms with van der Waals surface area (Å²) in [6.07, 6.45) is 9.33. The fraction of sp³-hybridized carbons (Fsp3) is 0.727. The number of hydrogen-bond donors (Lipinski definition) is 0. The molecule has 0 N–H and O–H groups in total. The lowest BCUT2D eigenvalue weighted by Crippen LogP contribution is -2.19. The molecule has 1 aliphatic rings. The highest BCUT2D eigenvalue weighted by molar-refractivity contribution is 5.07. The first kappa shape index (κ1) is 8.79. The summed E-state index contributed by atoms with van der Waals surface area (Å²) < 4.78 is 2.39. The van der Waals surface area contributed by atoms with Crippen LogP contribution in [0.15, 0.2) is 12.5 Å². The van der Waals surface area contributed by atoms with E-state index in [9.17, 15) is 0 Å². The largest absolute Gasteiger partial charge is 0.331 e. The zero-order chi connectivity index (χ0) is 9.26. The summed E-state index contributed by atoms with van der Waals surface area (Å²) in [6.45, 7) is 4.52. The normalized spacial score (nSPS) is 19.8. The third-order valence-electron chi connectivity index (χ3n) is 3.28. The summed E-state index contributed by atoms with van der Waals surface area (Å²) in [5.74, 6) is 0.656. The van der Waals surface area contributed by atoms with E-state index in [0.717, 1.165) is 6.04 Å². The highest BCUT2D eigenvalue weighted by atomic mass is 15.1. The number of rotatable bonds is 3. The lowest BCUT2D eigenvalue weighted by atomic mass is 9.92. The van der Waals surface area contributed by atoms with E-state index >= 15 is 0 Å². The Labute approximate surface area is 80.0 Å². The molecule has 2 rings (SSSR count). The summed E-state index contributed by atoms with van der Waals surface area (Å²) in [4.78, 5) is 4.26. The van der Waals surface area contributed by atoms with E-state index < -0.39 is 0 Å². The second kappa shape index (κ2) is 3.52. The molecule has 0 aliphatic heterocycles. The van der Waals surface area contributed by atoms with Crippen LogP contribution in [-0.2, 0) is 0 Å². The number of imidazole rings is 1. The maximum Gasteiger partial charge on any atom is 0.0950 e. The highest BCUT2D eigenvalue weighted by Gasteiger charge is 2.22. The van der Waals surface area contributed by atoms with Crippen LogP contribution in [0.5, 0.6) is 0 Å². The number of hydrogen-bond acceptors (Lipinski definition) is 1. The smallest absolute Gasteiger partial charge is 0.0950 e. The van der Waals surface area contributed by atoms with E-state index in [1.165, 1.54) is 31.4 Å². The first-order valence-corrected chi connectivity index (χ1v) is 5.34. The lowest BCUT2D eigenvalue weighted by Gasteiger charge is -2.29. The number of aromatic nitrogens is 2. The van der Waals surface area contributed by atoms with E-state index in [0.29, 0.717) is 5.92 Å². The van der Waals surface area contributed by atoms with E-state index in [1.54, 1.807) is 0 Å². The van der Waals surface area contributed by atoms with E-state index in [1.807, 2.05) is 12.5 Å². The van der Waals surface area contributed by atoms with Gasteiger partial charge in [0.25, 0.3) is 0 Å². The number of nitrogens with zero attached hydrogens (tertiary/aromatic N) is 2. The first-order chi connectivity index (χ1) is 6.33. The van der Waals surface area contributed by atoms with Crippen LogP contribution >= 0.6 is 0 Å². The summed E-state index contributed by atoms with van der Waals surface area (Å²) in [5, 5.41) is 0. The lowest BCUT2D eigenvalue weighted by molar-refractivity contribution is 0.303. The molecule has 0 saturated heterocycles. The van der Waals surface area contributed by atoms with Gasteiger partial charge in [-0.2, -0.15) is 0 Å². The Balaban J connectivity index is 2.19. The van der Waals surface area contributed by atoms with Gasteiger partial charge in [0.05, 0.1) is 6.33 Å². The van der Waals surface area contributed by atoms with Gasteiger partial charge in [-0.25, -0.2) is 4.98 Å². The van der Waals surface area contributed by atoms with Crippen LogP contribution in [0.25, 0.3) is 0 Å². The van der Waals surface area contributed by atoms with Crippen molar-refractivity contribution in [3.8, 4) is 0 Å². The van der Waals surface area contributed by atoms with E-state index in [2.05, 4.69) is 23.4 Å². The molecule has 2 nitrogen and oxygen atoms in total. The molecule has 1 fully saturated rings. The minimum atomic E-state index is 0.656. The standard InChI is InChI=1S/C11H18N2/c1-3-9(2)11-7-12-8-13(11)10-5-4-6-10/h7-10H,3-6H2,1-2H3. The van der Waals surface area contributed by atoms with Gasteiger partial charge in [-0.15, -0.1) is 0 Å². The Hall–Kier alpha value is -0.790. The zero-order valence-corrected chi connectivity index (χ0v) is 8.53. The fourth-order valence-corrected chi connectivity index (χ4v) is 1.88. The molecule has 1 aromatic rings. The van der Waals surface area contributed by atoms with Gasteiger partial charge in [0, 0.05) is 17.9 Å². The molecule has 1 aliphatic carbocycles. The molecule has 0 bridgehead atoms. The average molecular weight is 178 g/mol. The Morgan fingerprint density at radius 2 is 2.38 bits per heavy atom. The predicted octanol–water partition coefficient (Wildman–Crippen LogP) is 3.12. The molecule has 1 atom stereocenters. The Morgan fingerprint density at radius 3 is 2.92 bits per heavy atom. The topological polar surface area (TPSA) is 17.8 Å². The molecule has 72 valence electrons. The molecule has 2 heteroatoms. The quantitative estimate of drug-likeness (QED) is 0.695. The van der Waals surface area contributed by atoms with E-state index in [4.69, 9.17) is 0 Å². The van der Waals surface area contributed by atoms with Gasteiger partial charge in [-0.3, -0.25) is 0 Å². The van der Waals surface area contributed by atoms with Crippen LogP contribution in [-0.4, -0.2) is 9.55 Å². The van der Waals surface area contributed by atoms with Gasteiger partial charge < -0.3 is 4.57 Å². The summed E-state index contributed by atoms with van der Waals surface area (Å²) in [5.41, 5.74) is 1.42. The van der Waals surface area contributed by atoms with Gasteiger partial charge in [0.2, 0.25) is 0 Å². The second-order valence-electron chi connectivity index (χ2n) is 4.12. The molecule has 0 radical (unpaired) electrons. The third-order valence-corrected chi connectivity index (χ3v) is 3.28. The fourth-order valence-electron chi connectivity index (χ4n) is 1.88. The highest BCUT2D eigenvalue weighted by Crippen LogP contribution is 2.34. The van der Waals surface area contributed by atoms with Crippen molar-refractivity contribution in [3.63, 3.8) is 0 Å². The van der Waals surface area contributed by atoms with Gasteiger partial charge in [0.15, 0.2) is 0 Å². The zero-order valence-electron chi connectivity index (χ0n) is 8.53. The Bertz CT molecular complexity index is 254. The van der Waals surface area contributed by atoms with Gasteiger partial charge in [-0.05, 0) is 31.6 Å². The average Bonchev–Trinajstić information content (AvgIpc) is 2.49. The van der Waals surface area contributed by atoms with Crippen molar-refractivity contribution >= 4 is 0 Å². The minimum Gasteiger partial charge on any atom is -0.331 e. The summed E-state index contributed by atoms with van der Waals surface area (Å²) >= 11 is 0. The van der Waals surface area contributed by atoms with Crippen LogP contribution in [0, 0.1) is 0 Å². The molecule has 13 heavy (non-hydrogen) atoms. The molecule has 0 amide bonds. The first-order valence-electron chi connectivity index (χ1n) is 5.34. The monoisotopic (exact) mass is 178 g/mol. The maximum absolute atomic E-state index is 4.26. The van der Waals surface area contributed by atoms with Crippen molar-refractivity contribution in [1.29, 1.82) is 0 Å². The SMILES string of the molecule is CCC(C)c1cncn1C1CCC1. The molecular formula is C11H18N2. The second-order valence-corrected chi connectivity index (χ2v) is 4.12. The molecular weight excluding hydrogens is 160 g/mol. The van der Waals surface area contributed by atoms with Crippen molar-refractivity contribution < 1.29 is 0 Å². The van der Waals surface area contributed by atoms with Crippen molar-refractivity contribution in [1.82, 2.24) is 9.55 Å². The van der Waals surface area contributed by atoms with E-state index in [-0.39, 0.29) is 0 Å². The molecule has 0 aromatic carbocycles. The van der Waals surface area contributed by atoms with Crippen LogP contribution in [0.1, 0.15) is 57.2 Å². The maximum atomic E-state index is 4.26. The summed E-state index contributed by atoms with van der Waals surface area (Å²) in [7, 11) is 0.